The highest BCUT2D eigenvalue weighted by Gasteiger charge is 2.34. The Hall–Kier alpha value is -0.650. The van der Waals surface area contributed by atoms with Crippen LogP contribution in [0.4, 0.5) is 0 Å². The molecule has 5 nitrogen and oxygen atoms in total. The van der Waals surface area contributed by atoms with Crippen molar-refractivity contribution in [3.8, 4) is 0 Å². The fourth-order valence-electron chi connectivity index (χ4n) is 3.20. The topological polar surface area (TPSA) is 61.8 Å². The molecule has 2 rings (SSSR count). The Labute approximate surface area is 115 Å². The van der Waals surface area contributed by atoms with Gasteiger partial charge >= 0.3 is 0 Å². The molecular formula is C14H26N2O3. The van der Waals surface area contributed by atoms with E-state index in [9.17, 15) is 9.90 Å². The molecule has 2 unspecified atom stereocenters. The lowest BCUT2D eigenvalue weighted by Gasteiger charge is -2.36. The normalized spacial score (nSPS) is 30.6. The fourth-order valence-corrected chi connectivity index (χ4v) is 3.20. The van der Waals surface area contributed by atoms with Gasteiger partial charge in [-0.2, -0.15) is 0 Å². The second kappa shape index (κ2) is 6.20. The molecule has 2 fully saturated rings. The quantitative estimate of drug-likeness (QED) is 0.782. The molecule has 2 atom stereocenters. The minimum absolute atomic E-state index is 0.103. The van der Waals surface area contributed by atoms with Gasteiger partial charge in [0.15, 0.2) is 0 Å². The van der Waals surface area contributed by atoms with Crippen molar-refractivity contribution in [3.05, 3.63) is 0 Å². The molecule has 0 aromatic rings. The number of carbonyl (C=O) groups is 1. The van der Waals surface area contributed by atoms with Gasteiger partial charge in [-0.15, -0.1) is 0 Å². The smallest absolute Gasteiger partial charge is 0.236 e. The van der Waals surface area contributed by atoms with Gasteiger partial charge in [-0.3, -0.25) is 4.79 Å². The van der Waals surface area contributed by atoms with Crippen LogP contribution < -0.4 is 5.32 Å². The Kier molecular flexibility index (Phi) is 4.81. The van der Waals surface area contributed by atoms with Gasteiger partial charge in [0.2, 0.25) is 5.91 Å². The lowest BCUT2D eigenvalue weighted by Crippen LogP contribution is -2.54. The molecule has 1 aliphatic heterocycles. The van der Waals surface area contributed by atoms with Crippen LogP contribution >= 0.6 is 0 Å². The Morgan fingerprint density at radius 1 is 1.32 bits per heavy atom. The van der Waals surface area contributed by atoms with E-state index in [4.69, 9.17) is 4.74 Å². The van der Waals surface area contributed by atoms with Crippen LogP contribution in [0.1, 0.15) is 39.5 Å². The van der Waals surface area contributed by atoms with Crippen molar-refractivity contribution in [2.45, 2.75) is 57.3 Å². The van der Waals surface area contributed by atoms with Gasteiger partial charge in [0.1, 0.15) is 0 Å². The minimum atomic E-state index is -0.223. The number of hydrogen-bond acceptors (Lipinski definition) is 4. The summed E-state index contributed by atoms with van der Waals surface area (Å²) in [5, 5.41) is 12.8. The predicted octanol–water partition coefficient (Wildman–Crippen LogP) is 0.517. The zero-order chi connectivity index (χ0) is 13.9. The molecule has 19 heavy (non-hydrogen) atoms. The van der Waals surface area contributed by atoms with Gasteiger partial charge in [0, 0.05) is 18.6 Å². The third-order valence-corrected chi connectivity index (χ3v) is 4.25. The number of nitrogens with one attached hydrogen (secondary N) is 1. The standard InChI is InChI=1S/C14H26N2O3/c1-11-8-16(9-12(2)19-11)13(18)7-15-14(10-17)5-3-4-6-14/h11-12,15,17H,3-10H2,1-2H3. The maximum atomic E-state index is 12.2. The van der Waals surface area contributed by atoms with Crippen LogP contribution in [-0.4, -0.2) is 59.9 Å². The average Bonchev–Trinajstić information content (AvgIpc) is 2.84. The maximum Gasteiger partial charge on any atom is 0.236 e. The molecule has 1 saturated carbocycles. The first kappa shape index (κ1) is 14.8. The summed E-state index contributed by atoms with van der Waals surface area (Å²) >= 11 is 0. The minimum Gasteiger partial charge on any atom is -0.394 e. The van der Waals surface area contributed by atoms with Crippen molar-refractivity contribution in [2.75, 3.05) is 26.2 Å². The number of amides is 1. The van der Waals surface area contributed by atoms with E-state index in [-0.39, 0.29) is 30.3 Å². The van der Waals surface area contributed by atoms with Gasteiger partial charge in [0.05, 0.1) is 25.4 Å². The summed E-state index contributed by atoms with van der Waals surface area (Å²) in [6.45, 7) is 5.76. The van der Waals surface area contributed by atoms with Crippen molar-refractivity contribution in [2.24, 2.45) is 0 Å². The molecule has 0 spiro atoms. The highest BCUT2D eigenvalue weighted by molar-refractivity contribution is 5.78. The van der Waals surface area contributed by atoms with Gasteiger partial charge in [-0.05, 0) is 26.7 Å². The van der Waals surface area contributed by atoms with Crippen molar-refractivity contribution in [3.63, 3.8) is 0 Å². The van der Waals surface area contributed by atoms with Crippen molar-refractivity contribution < 1.29 is 14.6 Å². The van der Waals surface area contributed by atoms with E-state index < -0.39 is 0 Å². The van der Waals surface area contributed by atoms with Crippen LogP contribution in [0.5, 0.6) is 0 Å². The van der Waals surface area contributed by atoms with E-state index in [1.165, 1.54) is 0 Å². The van der Waals surface area contributed by atoms with E-state index in [1.807, 2.05) is 18.7 Å². The summed E-state index contributed by atoms with van der Waals surface area (Å²) in [5.41, 5.74) is -0.223. The molecule has 1 aliphatic carbocycles. The van der Waals surface area contributed by atoms with E-state index in [0.717, 1.165) is 25.7 Å². The van der Waals surface area contributed by atoms with Crippen molar-refractivity contribution in [1.29, 1.82) is 0 Å². The average molecular weight is 270 g/mol. The Bertz CT molecular complexity index is 306. The van der Waals surface area contributed by atoms with Crippen LogP contribution in [0.15, 0.2) is 0 Å². The highest BCUT2D eigenvalue weighted by Crippen LogP contribution is 2.28. The molecule has 5 heteroatoms. The molecule has 0 aromatic carbocycles. The first-order valence-corrected chi connectivity index (χ1v) is 7.34. The zero-order valence-corrected chi connectivity index (χ0v) is 12.0. The zero-order valence-electron chi connectivity index (χ0n) is 12.0. The second-order valence-electron chi connectivity index (χ2n) is 6.06. The van der Waals surface area contributed by atoms with E-state index >= 15 is 0 Å². The Morgan fingerprint density at radius 2 is 1.89 bits per heavy atom. The number of morpholine rings is 1. The van der Waals surface area contributed by atoms with Gasteiger partial charge in [0.25, 0.3) is 0 Å². The van der Waals surface area contributed by atoms with Crippen LogP contribution in [0, 0.1) is 0 Å². The lowest BCUT2D eigenvalue weighted by atomic mass is 9.99. The first-order valence-electron chi connectivity index (χ1n) is 7.34. The van der Waals surface area contributed by atoms with E-state index in [0.29, 0.717) is 19.6 Å². The van der Waals surface area contributed by atoms with Crippen LogP contribution in [0.3, 0.4) is 0 Å². The Morgan fingerprint density at radius 3 is 2.42 bits per heavy atom. The second-order valence-corrected chi connectivity index (χ2v) is 6.06. The molecule has 2 aliphatic rings. The molecule has 1 saturated heterocycles. The third kappa shape index (κ3) is 3.68. The number of aliphatic hydroxyl groups excluding tert-OH is 1. The summed E-state index contributed by atoms with van der Waals surface area (Å²) in [7, 11) is 0. The van der Waals surface area contributed by atoms with Crippen molar-refractivity contribution >= 4 is 5.91 Å². The lowest BCUT2D eigenvalue weighted by molar-refractivity contribution is -0.142. The van der Waals surface area contributed by atoms with Crippen LogP contribution in [-0.2, 0) is 9.53 Å². The summed E-state index contributed by atoms with van der Waals surface area (Å²) in [6.07, 6.45) is 4.40. The SMILES string of the molecule is CC1CN(C(=O)CNC2(CO)CCCC2)CC(C)O1. The van der Waals surface area contributed by atoms with Crippen molar-refractivity contribution in [1.82, 2.24) is 10.2 Å². The van der Waals surface area contributed by atoms with Gasteiger partial charge < -0.3 is 20.1 Å². The summed E-state index contributed by atoms with van der Waals surface area (Å²) in [6, 6.07) is 0. The number of hydrogen-bond donors (Lipinski definition) is 2. The highest BCUT2D eigenvalue weighted by atomic mass is 16.5. The maximum absolute atomic E-state index is 12.2. The molecule has 0 radical (unpaired) electrons. The molecule has 2 N–H and O–H groups in total. The monoisotopic (exact) mass is 270 g/mol. The number of nitrogens with zero attached hydrogens (tertiary/aromatic N) is 1. The molecular weight excluding hydrogens is 244 g/mol. The largest absolute Gasteiger partial charge is 0.394 e. The summed E-state index contributed by atoms with van der Waals surface area (Å²) in [4.78, 5) is 14.1. The fraction of sp³-hybridized carbons (Fsp3) is 0.929. The summed E-state index contributed by atoms with van der Waals surface area (Å²) in [5.74, 6) is 0.113. The molecule has 1 amide bonds. The summed E-state index contributed by atoms with van der Waals surface area (Å²) < 4.78 is 5.63. The van der Waals surface area contributed by atoms with Gasteiger partial charge in [-0.25, -0.2) is 0 Å². The molecule has 1 heterocycles. The third-order valence-electron chi connectivity index (χ3n) is 4.25. The van der Waals surface area contributed by atoms with E-state index in [2.05, 4.69) is 5.32 Å². The molecule has 0 bridgehead atoms. The number of carbonyl (C=O) groups excluding carboxylic acids is 1. The predicted molar refractivity (Wildman–Crippen MR) is 72.9 cm³/mol. The first-order chi connectivity index (χ1) is 9.04. The number of aliphatic hydroxyl groups is 1. The number of rotatable bonds is 4. The molecule has 110 valence electrons. The van der Waals surface area contributed by atoms with Crippen LogP contribution in [0.2, 0.25) is 0 Å². The number of ether oxygens (including phenoxy) is 1. The van der Waals surface area contributed by atoms with Gasteiger partial charge in [-0.1, -0.05) is 12.8 Å². The van der Waals surface area contributed by atoms with E-state index in [1.54, 1.807) is 0 Å². The van der Waals surface area contributed by atoms with Crippen LogP contribution in [0.25, 0.3) is 0 Å². The Balaban J connectivity index is 1.83. The molecule has 0 aromatic heterocycles.